The van der Waals surface area contributed by atoms with E-state index in [1.807, 2.05) is 35.2 Å². The number of aliphatic imine (C=N–C) groups is 1. The van der Waals surface area contributed by atoms with E-state index < -0.39 is 0 Å². The van der Waals surface area contributed by atoms with Gasteiger partial charge in [0.1, 0.15) is 12.4 Å². The van der Waals surface area contributed by atoms with Crippen LogP contribution in [0, 0.1) is 3.57 Å². The summed E-state index contributed by atoms with van der Waals surface area (Å²) in [6.45, 7) is 0.402. The van der Waals surface area contributed by atoms with Crippen molar-refractivity contribution in [3.63, 3.8) is 0 Å². The van der Waals surface area contributed by atoms with Crippen LogP contribution in [0.15, 0.2) is 46.3 Å². The highest BCUT2D eigenvalue weighted by molar-refractivity contribution is 14.1. The maximum absolute atomic E-state index is 13.6. The van der Waals surface area contributed by atoms with Crippen molar-refractivity contribution in [1.29, 1.82) is 0 Å². The van der Waals surface area contributed by atoms with Crippen molar-refractivity contribution < 1.29 is 9.53 Å². The number of rotatable bonds is 6. The smallest absolute Gasteiger partial charge is 0.266 e. The minimum atomic E-state index is 0.112. The van der Waals surface area contributed by atoms with E-state index in [0.717, 1.165) is 56.2 Å². The topological polar surface area (TPSA) is 41.9 Å². The molecule has 1 saturated heterocycles. The molecule has 3 aliphatic rings. The lowest BCUT2D eigenvalue weighted by Crippen LogP contribution is -2.41. The Kier molecular flexibility index (Phi) is 9.43. The first-order valence-corrected chi connectivity index (χ1v) is 15.8. The van der Waals surface area contributed by atoms with Gasteiger partial charge in [-0.05, 0) is 102 Å². The summed E-state index contributed by atoms with van der Waals surface area (Å²) in [5.74, 6) is 0.906. The molecule has 0 atom stereocenters. The molecule has 2 aromatic carbocycles. The van der Waals surface area contributed by atoms with E-state index in [4.69, 9.17) is 32.9 Å². The molecule has 0 unspecified atom stereocenters. The van der Waals surface area contributed by atoms with Crippen molar-refractivity contribution in [2.75, 3.05) is 0 Å². The summed E-state index contributed by atoms with van der Waals surface area (Å²) in [4.78, 5) is 21.6. The van der Waals surface area contributed by atoms with Crippen LogP contribution in [0.1, 0.15) is 75.3 Å². The predicted octanol–water partition coefficient (Wildman–Crippen LogP) is 9.11. The van der Waals surface area contributed by atoms with Crippen LogP contribution in [0.4, 0.5) is 0 Å². The molecule has 8 heteroatoms. The summed E-state index contributed by atoms with van der Waals surface area (Å²) in [5.41, 5.74) is 1.95. The molecular formula is C29H31Cl2IN2O2S. The molecule has 37 heavy (non-hydrogen) atoms. The van der Waals surface area contributed by atoms with Gasteiger partial charge in [-0.15, -0.1) is 0 Å². The van der Waals surface area contributed by atoms with E-state index in [0.29, 0.717) is 22.7 Å². The third-order valence-electron chi connectivity index (χ3n) is 7.28. The highest BCUT2D eigenvalue weighted by atomic mass is 127. The number of amidine groups is 1. The van der Waals surface area contributed by atoms with Crippen molar-refractivity contribution >= 4 is 74.7 Å². The van der Waals surface area contributed by atoms with Gasteiger partial charge in [-0.25, -0.2) is 0 Å². The molecule has 0 radical (unpaired) electrons. The highest BCUT2D eigenvalue weighted by Gasteiger charge is 2.39. The minimum Gasteiger partial charge on any atom is -0.488 e. The van der Waals surface area contributed by atoms with E-state index >= 15 is 0 Å². The van der Waals surface area contributed by atoms with Crippen molar-refractivity contribution in [2.45, 2.75) is 82.9 Å². The first kappa shape index (κ1) is 27.4. The van der Waals surface area contributed by atoms with E-state index in [1.165, 1.54) is 38.5 Å². The van der Waals surface area contributed by atoms with E-state index in [-0.39, 0.29) is 11.9 Å². The number of hydrogen-bond acceptors (Lipinski definition) is 4. The molecule has 0 N–H and O–H groups in total. The Bertz CT molecular complexity index is 1210. The van der Waals surface area contributed by atoms with Gasteiger partial charge in [-0.1, -0.05) is 73.9 Å². The number of carbonyl (C=O) groups is 1. The SMILES string of the molecule is O=C1C(=Cc2ccc(OCc3ccc(Cl)c(Cl)c3)c(I)c2)SC(=NC2CCCCC2)N1C1CCCCC1. The number of ether oxygens (including phenoxy) is 1. The van der Waals surface area contributed by atoms with Crippen LogP contribution in [0.25, 0.3) is 6.08 Å². The molecule has 2 aliphatic carbocycles. The maximum atomic E-state index is 13.6. The van der Waals surface area contributed by atoms with E-state index in [9.17, 15) is 4.79 Å². The molecule has 1 heterocycles. The minimum absolute atomic E-state index is 0.112. The van der Waals surface area contributed by atoms with Crippen molar-refractivity contribution in [2.24, 2.45) is 4.99 Å². The molecule has 0 bridgehead atoms. The van der Waals surface area contributed by atoms with Gasteiger partial charge < -0.3 is 4.74 Å². The lowest BCUT2D eigenvalue weighted by Gasteiger charge is -2.31. The van der Waals surface area contributed by atoms with Crippen LogP contribution in [0.3, 0.4) is 0 Å². The summed E-state index contributed by atoms with van der Waals surface area (Å²) in [5, 5.41) is 1.98. The molecule has 0 spiro atoms. The number of carbonyl (C=O) groups excluding carboxylic acids is 1. The van der Waals surface area contributed by atoms with Crippen LogP contribution >= 0.6 is 57.6 Å². The standard InChI is InChI=1S/C29H31Cl2IN2O2S/c30-23-13-11-20(15-24(23)31)18-36-26-14-12-19(16-25(26)32)17-27-28(35)34(22-9-5-2-6-10-22)29(37-27)33-21-7-3-1-4-8-21/h11-17,21-22H,1-10,18H2. The number of thioether (sulfide) groups is 1. The van der Waals surface area contributed by atoms with Crippen LogP contribution in [0.2, 0.25) is 10.0 Å². The van der Waals surface area contributed by atoms with Gasteiger partial charge in [0, 0.05) is 6.04 Å². The first-order chi connectivity index (χ1) is 18.0. The molecular weight excluding hydrogens is 638 g/mol. The number of benzene rings is 2. The number of hydrogen-bond donors (Lipinski definition) is 0. The van der Waals surface area contributed by atoms with Crippen LogP contribution in [-0.2, 0) is 11.4 Å². The molecule has 3 fully saturated rings. The molecule has 0 aromatic heterocycles. The molecule has 1 amide bonds. The van der Waals surface area contributed by atoms with E-state index in [2.05, 4.69) is 28.7 Å². The van der Waals surface area contributed by atoms with Gasteiger partial charge in [-0.2, -0.15) is 0 Å². The van der Waals surface area contributed by atoms with Crippen molar-refractivity contribution in [3.05, 3.63) is 66.0 Å². The predicted molar refractivity (Wildman–Crippen MR) is 164 cm³/mol. The monoisotopic (exact) mass is 668 g/mol. The Labute approximate surface area is 247 Å². The second-order valence-electron chi connectivity index (χ2n) is 10.0. The van der Waals surface area contributed by atoms with Gasteiger partial charge in [0.05, 0.1) is 24.6 Å². The summed E-state index contributed by atoms with van der Waals surface area (Å²) >= 11 is 16.0. The number of halogens is 3. The quantitative estimate of drug-likeness (QED) is 0.228. The third-order valence-corrected chi connectivity index (χ3v) is 9.86. The molecule has 5 rings (SSSR count). The van der Waals surface area contributed by atoms with E-state index in [1.54, 1.807) is 17.8 Å². The fourth-order valence-corrected chi connectivity index (χ4v) is 7.40. The summed E-state index contributed by atoms with van der Waals surface area (Å²) in [7, 11) is 0. The second-order valence-corrected chi connectivity index (χ2v) is 13.0. The Hall–Kier alpha value is -1.22. The van der Waals surface area contributed by atoms with Gasteiger partial charge in [-0.3, -0.25) is 14.7 Å². The Balaban J connectivity index is 1.33. The van der Waals surface area contributed by atoms with Gasteiger partial charge in [0.2, 0.25) is 0 Å². The van der Waals surface area contributed by atoms with Crippen molar-refractivity contribution in [3.8, 4) is 5.75 Å². The largest absolute Gasteiger partial charge is 0.488 e. The summed E-state index contributed by atoms with van der Waals surface area (Å²) < 4.78 is 7.02. The van der Waals surface area contributed by atoms with Crippen LogP contribution in [0.5, 0.6) is 5.75 Å². The summed E-state index contributed by atoms with van der Waals surface area (Å²) in [6.07, 6.45) is 13.9. The average Bonchev–Trinajstić information content (AvgIpc) is 3.20. The normalized spacial score (nSPS) is 21.8. The maximum Gasteiger partial charge on any atom is 0.266 e. The fourth-order valence-electron chi connectivity index (χ4n) is 5.27. The van der Waals surface area contributed by atoms with Gasteiger partial charge in [0.15, 0.2) is 5.17 Å². The lowest BCUT2D eigenvalue weighted by molar-refractivity contribution is -0.124. The molecule has 2 saturated carbocycles. The molecule has 4 nitrogen and oxygen atoms in total. The third kappa shape index (κ3) is 6.87. The van der Waals surface area contributed by atoms with Crippen molar-refractivity contribution in [1.82, 2.24) is 4.90 Å². The molecule has 196 valence electrons. The second kappa shape index (κ2) is 12.8. The highest BCUT2D eigenvalue weighted by Crippen LogP contribution is 2.39. The molecule has 1 aliphatic heterocycles. The van der Waals surface area contributed by atoms with Crippen LogP contribution < -0.4 is 4.74 Å². The zero-order valence-electron chi connectivity index (χ0n) is 20.7. The first-order valence-electron chi connectivity index (χ1n) is 13.1. The van der Waals surface area contributed by atoms with Gasteiger partial charge in [0.25, 0.3) is 5.91 Å². The lowest BCUT2D eigenvalue weighted by atomic mass is 9.94. The van der Waals surface area contributed by atoms with Crippen LogP contribution in [-0.4, -0.2) is 28.1 Å². The number of amides is 1. The summed E-state index contributed by atoms with van der Waals surface area (Å²) in [6, 6.07) is 12.2. The van der Waals surface area contributed by atoms with Gasteiger partial charge >= 0.3 is 0 Å². The molecule has 2 aromatic rings. The zero-order chi connectivity index (χ0) is 25.8. The Morgan fingerprint density at radius 2 is 1.70 bits per heavy atom. The average molecular weight is 669 g/mol. The number of nitrogens with zero attached hydrogens (tertiary/aromatic N) is 2. The fraction of sp³-hybridized carbons (Fsp3) is 0.448. The zero-order valence-corrected chi connectivity index (χ0v) is 25.2. The Morgan fingerprint density at radius 3 is 2.41 bits per heavy atom. The Morgan fingerprint density at radius 1 is 0.973 bits per heavy atom.